The highest BCUT2D eigenvalue weighted by molar-refractivity contribution is 6.34. The maximum atomic E-state index is 11.1. The van der Waals surface area contributed by atoms with Crippen molar-refractivity contribution < 1.29 is 19.7 Å². The minimum absolute atomic E-state index is 0.0321. The van der Waals surface area contributed by atoms with E-state index >= 15 is 0 Å². The highest BCUT2D eigenvalue weighted by atomic mass is 35.5. The molecule has 0 radical (unpaired) electrons. The average molecular weight is 217 g/mol. The molecule has 0 saturated carbocycles. The molecule has 0 fully saturated rings. The molecule has 0 unspecified atom stereocenters. The van der Waals surface area contributed by atoms with Gasteiger partial charge >= 0.3 is 0 Å². The van der Waals surface area contributed by atoms with Gasteiger partial charge in [0.2, 0.25) is 0 Å². The first kappa shape index (κ1) is 10.7. The number of hydrogen-bond donors (Lipinski definition) is 2. The van der Waals surface area contributed by atoms with E-state index in [9.17, 15) is 15.0 Å². The summed E-state index contributed by atoms with van der Waals surface area (Å²) in [6.45, 7) is 1.27. The van der Waals surface area contributed by atoms with Gasteiger partial charge in [0.25, 0.3) is 0 Å². The lowest BCUT2D eigenvalue weighted by atomic mass is 10.1. The largest absolute Gasteiger partial charge is 0.506 e. The van der Waals surface area contributed by atoms with Gasteiger partial charge in [-0.05, 0) is 6.92 Å². The van der Waals surface area contributed by atoms with E-state index in [2.05, 4.69) is 0 Å². The van der Waals surface area contributed by atoms with Gasteiger partial charge in [-0.3, -0.25) is 4.79 Å². The van der Waals surface area contributed by atoms with Crippen molar-refractivity contribution in [2.75, 3.05) is 7.11 Å². The van der Waals surface area contributed by atoms with E-state index in [0.29, 0.717) is 0 Å². The number of carbonyl (C=O) groups excluding carboxylic acids is 1. The molecule has 14 heavy (non-hydrogen) atoms. The third-order valence-electron chi connectivity index (χ3n) is 1.76. The number of benzene rings is 1. The van der Waals surface area contributed by atoms with Gasteiger partial charge in [-0.15, -0.1) is 0 Å². The monoisotopic (exact) mass is 216 g/mol. The molecule has 0 aromatic heterocycles. The van der Waals surface area contributed by atoms with E-state index in [4.69, 9.17) is 16.3 Å². The van der Waals surface area contributed by atoms with Crippen LogP contribution in [0.2, 0.25) is 5.02 Å². The molecule has 76 valence electrons. The Morgan fingerprint density at radius 2 is 2.07 bits per heavy atom. The van der Waals surface area contributed by atoms with Crippen LogP contribution in [-0.2, 0) is 0 Å². The fourth-order valence-electron chi connectivity index (χ4n) is 1.11. The number of methoxy groups -OCH3 is 1. The molecule has 1 rings (SSSR count). The number of ether oxygens (including phenoxy) is 1. The number of rotatable bonds is 2. The van der Waals surface area contributed by atoms with E-state index in [1.807, 2.05) is 0 Å². The van der Waals surface area contributed by atoms with Crippen LogP contribution in [-0.4, -0.2) is 23.1 Å². The molecule has 4 nitrogen and oxygen atoms in total. The standard InChI is InChI=1S/C9H9ClO4/c1-4(11)7-6(14-2)3-5(12)8(10)9(7)13/h3,12-13H,1-2H3. The summed E-state index contributed by atoms with van der Waals surface area (Å²) in [5.41, 5.74) is -0.0321. The first-order chi connectivity index (χ1) is 6.49. The van der Waals surface area contributed by atoms with Gasteiger partial charge < -0.3 is 14.9 Å². The number of Topliss-reactive ketones (excluding diaryl/α,β-unsaturated/α-hetero) is 1. The minimum Gasteiger partial charge on any atom is -0.506 e. The third-order valence-corrected chi connectivity index (χ3v) is 2.13. The fourth-order valence-corrected chi connectivity index (χ4v) is 1.26. The van der Waals surface area contributed by atoms with Crippen LogP contribution in [0, 0.1) is 0 Å². The quantitative estimate of drug-likeness (QED) is 0.742. The van der Waals surface area contributed by atoms with E-state index in [1.54, 1.807) is 0 Å². The summed E-state index contributed by atoms with van der Waals surface area (Å²) in [6, 6.07) is 1.18. The Bertz CT molecular complexity index is 387. The summed E-state index contributed by atoms with van der Waals surface area (Å²) in [6.07, 6.45) is 0. The SMILES string of the molecule is COc1cc(O)c(Cl)c(O)c1C(C)=O. The predicted octanol–water partition coefficient (Wildman–Crippen LogP) is 1.96. The van der Waals surface area contributed by atoms with Crippen molar-refractivity contribution in [2.24, 2.45) is 0 Å². The van der Waals surface area contributed by atoms with Crippen LogP contribution >= 0.6 is 11.6 Å². The van der Waals surface area contributed by atoms with Crippen LogP contribution < -0.4 is 4.74 Å². The molecular weight excluding hydrogens is 208 g/mol. The Hall–Kier alpha value is -1.42. The fraction of sp³-hybridized carbons (Fsp3) is 0.222. The zero-order chi connectivity index (χ0) is 10.9. The topological polar surface area (TPSA) is 66.8 Å². The van der Waals surface area contributed by atoms with Crippen molar-refractivity contribution in [3.05, 3.63) is 16.7 Å². The van der Waals surface area contributed by atoms with Crippen molar-refractivity contribution in [3.63, 3.8) is 0 Å². The van der Waals surface area contributed by atoms with Crippen LogP contribution in [0.3, 0.4) is 0 Å². The zero-order valence-electron chi connectivity index (χ0n) is 7.67. The summed E-state index contributed by atoms with van der Waals surface area (Å²) in [5, 5.41) is 18.4. The molecule has 0 aliphatic heterocycles. The van der Waals surface area contributed by atoms with Crippen LogP contribution in [0.5, 0.6) is 17.2 Å². The van der Waals surface area contributed by atoms with E-state index in [1.165, 1.54) is 20.1 Å². The van der Waals surface area contributed by atoms with Crippen LogP contribution in [0.25, 0.3) is 0 Å². The lowest BCUT2D eigenvalue weighted by molar-refractivity contribution is 0.101. The zero-order valence-corrected chi connectivity index (χ0v) is 8.42. The van der Waals surface area contributed by atoms with Crippen molar-refractivity contribution in [1.29, 1.82) is 0 Å². The first-order valence-corrected chi connectivity index (χ1v) is 4.16. The Morgan fingerprint density at radius 3 is 2.50 bits per heavy atom. The normalized spacial score (nSPS) is 9.93. The van der Waals surface area contributed by atoms with Gasteiger partial charge in [-0.1, -0.05) is 11.6 Å². The number of ketones is 1. The molecule has 1 aromatic rings. The lowest BCUT2D eigenvalue weighted by Crippen LogP contribution is -1.98. The third kappa shape index (κ3) is 1.61. The molecular formula is C9H9ClO4. The lowest BCUT2D eigenvalue weighted by Gasteiger charge is -2.10. The highest BCUT2D eigenvalue weighted by Crippen LogP contribution is 2.41. The molecule has 0 saturated heterocycles. The van der Waals surface area contributed by atoms with Gasteiger partial charge in [0.15, 0.2) is 11.5 Å². The number of aromatic hydroxyl groups is 2. The highest BCUT2D eigenvalue weighted by Gasteiger charge is 2.19. The smallest absolute Gasteiger partial charge is 0.167 e. The summed E-state index contributed by atoms with van der Waals surface area (Å²) in [4.78, 5) is 11.1. The molecule has 2 N–H and O–H groups in total. The van der Waals surface area contributed by atoms with Gasteiger partial charge in [0.05, 0.1) is 7.11 Å². The molecule has 0 aliphatic carbocycles. The minimum atomic E-state index is -0.462. The van der Waals surface area contributed by atoms with E-state index < -0.39 is 5.75 Å². The second kappa shape index (κ2) is 3.75. The second-order valence-corrected chi connectivity index (χ2v) is 3.07. The summed E-state index contributed by atoms with van der Waals surface area (Å²) < 4.78 is 4.82. The first-order valence-electron chi connectivity index (χ1n) is 3.78. The second-order valence-electron chi connectivity index (χ2n) is 2.69. The Balaban J connectivity index is 3.53. The summed E-state index contributed by atoms with van der Waals surface area (Å²) in [5.74, 6) is -1.08. The van der Waals surface area contributed by atoms with Crippen LogP contribution in [0.1, 0.15) is 17.3 Å². The average Bonchev–Trinajstić information content (AvgIpc) is 2.12. The van der Waals surface area contributed by atoms with Gasteiger partial charge in [-0.25, -0.2) is 0 Å². The van der Waals surface area contributed by atoms with Crippen LogP contribution in [0.4, 0.5) is 0 Å². The summed E-state index contributed by atoms with van der Waals surface area (Å²) in [7, 11) is 1.33. The molecule has 0 amide bonds. The van der Waals surface area contributed by atoms with Crippen molar-refractivity contribution in [2.45, 2.75) is 6.92 Å². The number of hydrogen-bond acceptors (Lipinski definition) is 4. The number of phenolic OH excluding ortho intramolecular Hbond substituents is 2. The van der Waals surface area contributed by atoms with Crippen molar-refractivity contribution in [1.82, 2.24) is 0 Å². The van der Waals surface area contributed by atoms with E-state index in [0.717, 1.165) is 0 Å². The maximum absolute atomic E-state index is 11.1. The molecule has 0 spiro atoms. The van der Waals surface area contributed by atoms with Gasteiger partial charge in [0, 0.05) is 6.07 Å². The number of carbonyl (C=O) groups is 1. The van der Waals surface area contributed by atoms with Crippen molar-refractivity contribution in [3.8, 4) is 17.2 Å². The Labute approximate surface area is 85.7 Å². The van der Waals surface area contributed by atoms with Crippen LogP contribution in [0.15, 0.2) is 6.07 Å². The number of phenols is 2. The predicted molar refractivity (Wildman–Crippen MR) is 51.3 cm³/mol. The Kier molecular flexibility index (Phi) is 2.86. The Morgan fingerprint density at radius 1 is 1.50 bits per heavy atom. The number of halogens is 1. The van der Waals surface area contributed by atoms with Gasteiger partial charge in [-0.2, -0.15) is 0 Å². The summed E-state index contributed by atoms with van der Waals surface area (Å²) >= 11 is 5.55. The van der Waals surface area contributed by atoms with Gasteiger partial charge in [0.1, 0.15) is 22.1 Å². The molecule has 0 heterocycles. The molecule has 0 atom stereocenters. The molecule has 0 aliphatic rings. The van der Waals surface area contributed by atoms with Crippen molar-refractivity contribution >= 4 is 17.4 Å². The molecule has 5 heteroatoms. The van der Waals surface area contributed by atoms with E-state index in [-0.39, 0.29) is 27.9 Å². The molecule has 0 bridgehead atoms. The molecule has 1 aromatic carbocycles. The maximum Gasteiger partial charge on any atom is 0.167 e.